The SMILES string of the molecule is N#CCNc1ccc(C(=O)N2CCCCC2)cc1. The molecule has 1 aromatic rings. The normalized spacial score (nSPS) is 14.9. The largest absolute Gasteiger partial charge is 0.372 e. The Hall–Kier alpha value is -2.02. The summed E-state index contributed by atoms with van der Waals surface area (Å²) in [4.78, 5) is 14.1. The number of anilines is 1. The van der Waals surface area contributed by atoms with Gasteiger partial charge in [-0.05, 0) is 43.5 Å². The van der Waals surface area contributed by atoms with Crippen molar-refractivity contribution in [3.63, 3.8) is 0 Å². The van der Waals surface area contributed by atoms with Gasteiger partial charge in [-0.25, -0.2) is 0 Å². The molecule has 0 saturated carbocycles. The second-order valence-corrected chi connectivity index (χ2v) is 4.44. The molecule has 0 bridgehead atoms. The van der Waals surface area contributed by atoms with Gasteiger partial charge in [-0.1, -0.05) is 0 Å². The number of amides is 1. The number of piperidine rings is 1. The number of carbonyl (C=O) groups excluding carboxylic acids is 1. The summed E-state index contributed by atoms with van der Waals surface area (Å²) in [6, 6.07) is 9.33. The maximum absolute atomic E-state index is 12.2. The minimum Gasteiger partial charge on any atom is -0.372 e. The standard InChI is InChI=1S/C14H17N3O/c15-8-9-16-13-6-4-12(5-7-13)14(18)17-10-2-1-3-11-17/h4-7,16H,1-3,9-11H2. The molecule has 1 amide bonds. The molecule has 0 unspecified atom stereocenters. The van der Waals surface area contributed by atoms with Crippen molar-refractivity contribution in [2.45, 2.75) is 19.3 Å². The van der Waals surface area contributed by atoms with Crippen molar-refractivity contribution in [2.24, 2.45) is 0 Å². The summed E-state index contributed by atoms with van der Waals surface area (Å²) >= 11 is 0. The minimum atomic E-state index is 0.113. The Morgan fingerprint density at radius 1 is 1.22 bits per heavy atom. The molecule has 18 heavy (non-hydrogen) atoms. The fourth-order valence-electron chi connectivity index (χ4n) is 2.15. The van der Waals surface area contributed by atoms with Crippen LogP contribution in [0.4, 0.5) is 5.69 Å². The highest BCUT2D eigenvalue weighted by Crippen LogP contribution is 2.15. The van der Waals surface area contributed by atoms with Crippen LogP contribution in [-0.4, -0.2) is 30.4 Å². The molecule has 0 radical (unpaired) electrons. The molecule has 1 aliphatic rings. The van der Waals surface area contributed by atoms with Crippen molar-refractivity contribution in [1.82, 2.24) is 4.90 Å². The van der Waals surface area contributed by atoms with E-state index in [0.29, 0.717) is 0 Å². The third-order valence-electron chi connectivity index (χ3n) is 3.15. The molecular formula is C14H17N3O. The van der Waals surface area contributed by atoms with Crippen molar-refractivity contribution in [2.75, 3.05) is 25.0 Å². The molecule has 1 fully saturated rings. The molecule has 1 aromatic carbocycles. The molecule has 2 rings (SSSR count). The van der Waals surface area contributed by atoms with Gasteiger partial charge in [-0.2, -0.15) is 5.26 Å². The Morgan fingerprint density at radius 2 is 1.89 bits per heavy atom. The van der Waals surface area contributed by atoms with E-state index in [1.54, 1.807) is 0 Å². The zero-order chi connectivity index (χ0) is 12.8. The van der Waals surface area contributed by atoms with Crippen molar-refractivity contribution in [1.29, 1.82) is 5.26 Å². The second kappa shape index (κ2) is 6.06. The van der Waals surface area contributed by atoms with Crippen molar-refractivity contribution >= 4 is 11.6 Å². The maximum atomic E-state index is 12.2. The van der Waals surface area contributed by atoms with Crippen LogP contribution in [0, 0.1) is 11.3 Å². The van der Waals surface area contributed by atoms with Gasteiger partial charge in [0.1, 0.15) is 6.54 Å². The van der Waals surface area contributed by atoms with Gasteiger partial charge in [0.15, 0.2) is 0 Å². The molecular weight excluding hydrogens is 226 g/mol. The predicted octanol–water partition coefficient (Wildman–Crippen LogP) is 2.25. The van der Waals surface area contributed by atoms with Crippen LogP contribution in [0.5, 0.6) is 0 Å². The average molecular weight is 243 g/mol. The van der Waals surface area contributed by atoms with Gasteiger partial charge in [-0.15, -0.1) is 0 Å². The van der Waals surface area contributed by atoms with E-state index in [-0.39, 0.29) is 12.5 Å². The molecule has 4 nitrogen and oxygen atoms in total. The molecule has 0 aromatic heterocycles. The Labute approximate surface area is 107 Å². The van der Waals surface area contributed by atoms with Gasteiger partial charge in [0.2, 0.25) is 0 Å². The first-order valence-corrected chi connectivity index (χ1v) is 6.31. The fraction of sp³-hybridized carbons (Fsp3) is 0.429. The van der Waals surface area contributed by atoms with E-state index in [0.717, 1.165) is 37.2 Å². The Kier molecular flexibility index (Phi) is 4.19. The number of nitrogens with one attached hydrogen (secondary N) is 1. The highest BCUT2D eigenvalue weighted by atomic mass is 16.2. The highest BCUT2D eigenvalue weighted by molar-refractivity contribution is 5.94. The highest BCUT2D eigenvalue weighted by Gasteiger charge is 2.17. The molecule has 1 N–H and O–H groups in total. The van der Waals surface area contributed by atoms with Gasteiger partial charge in [0, 0.05) is 24.3 Å². The van der Waals surface area contributed by atoms with E-state index in [9.17, 15) is 4.79 Å². The lowest BCUT2D eigenvalue weighted by Gasteiger charge is -2.26. The maximum Gasteiger partial charge on any atom is 0.253 e. The van der Waals surface area contributed by atoms with E-state index in [1.807, 2.05) is 35.2 Å². The van der Waals surface area contributed by atoms with Crippen LogP contribution in [0.1, 0.15) is 29.6 Å². The van der Waals surface area contributed by atoms with Crippen molar-refractivity contribution in [3.8, 4) is 6.07 Å². The molecule has 0 aliphatic carbocycles. The van der Waals surface area contributed by atoms with Gasteiger partial charge < -0.3 is 10.2 Å². The van der Waals surface area contributed by atoms with Gasteiger partial charge >= 0.3 is 0 Å². The smallest absolute Gasteiger partial charge is 0.253 e. The third-order valence-corrected chi connectivity index (χ3v) is 3.15. The topological polar surface area (TPSA) is 56.1 Å². The molecule has 94 valence electrons. The van der Waals surface area contributed by atoms with Crippen molar-refractivity contribution in [3.05, 3.63) is 29.8 Å². The summed E-state index contributed by atoms with van der Waals surface area (Å²) in [5, 5.41) is 11.4. The summed E-state index contributed by atoms with van der Waals surface area (Å²) in [7, 11) is 0. The Morgan fingerprint density at radius 3 is 2.50 bits per heavy atom. The van der Waals surface area contributed by atoms with E-state index in [1.165, 1.54) is 6.42 Å². The zero-order valence-electron chi connectivity index (χ0n) is 10.4. The van der Waals surface area contributed by atoms with E-state index in [2.05, 4.69) is 5.32 Å². The number of benzene rings is 1. The van der Waals surface area contributed by atoms with Crippen LogP contribution in [0.2, 0.25) is 0 Å². The van der Waals surface area contributed by atoms with Crippen LogP contribution in [0.25, 0.3) is 0 Å². The van der Waals surface area contributed by atoms with E-state index < -0.39 is 0 Å². The number of likely N-dealkylation sites (tertiary alicyclic amines) is 1. The molecule has 1 heterocycles. The quantitative estimate of drug-likeness (QED) is 0.828. The molecule has 1 saturated heterocycles. The summed E-state index contributed by atoms with van der Waals surface area (Å²) in [6.45, 7) is 2.01. The van der Waals surface area contributed by atoms with Crippen LogP contribution >= 0.6 is 0 Å². The summed E-state index contributed by atoms with van der Waals surface area (Å²) in [6.07, 6.45) is 3.43. The number of carbonyl (C=O) groups is 1. The Bertz CT molecular complexity index is 441. The summed E-state index contributed by atoms with van der Waals surface area (Å²) in [5.74, 6) is 0.113. The monoisotopic (exact) mass is 243 g/mol. The molecule has 4 heteroatoms. The van der Waals surface area contributed by atoms with E-state index >= 15 is 0 Å². The first-order valence-electron chi connectivity index (χ1n) is 6.31. The second-order valence-electron chi connectivity index (χ2n) is 4.44. The molecule has 0 atom stereocenters. The van der Waals surface area contributed by atoms with Crippen LogP contribution in [0.3, 0.4) is 0 Å². The van der Waals surface area contributed by atoms with Crippen LogP contribution in [0.15, 0.2) is 24.3 Å². The number of hydrogen-bond donors (Lipinski definition) is 1. The zero-order valence-corrected chi connectivity index (χ0v) is 10.4. The first-order chi connectivity index (χ1) is 8.81. The molecule has 1 aliphatic heterocycles. The Balaban J connectivity index is 2.00. The first kappa shape index (κ1) is 12.4. The fourth-order valence-corrected chi connectivity index (χ4v) is 2.15. The van der Waals surface area contributed by atoms with Crippen molar-refractivity contribution < 1.29 is 4.79 Å². The number of nitriles is 1. The molecule has 0 spiro atoms. The predicted molar refractivity (Wildman–Crippen MR) is 70.3 cm³/mol. The third kappa shape index (κ3) is 3.01. The number of rotatable bonds is 3. The minimum absolute atomic E-state index is 0.113. The lowest BCUT2D eigenvalue weighted by Crippen LogP contribution is -2.35. The summed E-state index contributed by atoms with van der Waals surface area (Å²) in [5.41, 5.74) is 1.59. The van der Waals surface area contributed by atoms with Gasteiger partial charge in [0.05, 0.1) is 6.07 Å². The number of hydrogen-bond acceptors (Lipinski definition) is 3. The lowest BCUT2D eigenvalue weighted by molar-refractivity contribution is 0.0724. The lowest BCUT2D eigenvalue weighted by atomic mass is 10.1. The van der Waals surface area contributed by atoms with Gasteiger partial charge in [0.25, 0.3) is 5.91 Å². The van der Waals surface area contributed by atoms with Crippen LogP contribution in [-0.2, 0) is 0 Å². The van der Waals surface area contributed by atoms with Crippen LogP contribution < -0.4 is 5.32 Å². The average Bonchev–Trinajstić information content (AvgIpc) is 2.46. The van der Waals surface area contributed by atoms with E-state index in [4.69, 9.17) is 5.26 Å². The van der Waals surface area contributed by atoms with Gasteiger partial charge in [-0.3, -0.25) is 4.79 Å². The summed E-state index contributed by atoms with van der Waals surface area (Å²) < 4.78 is 0. The number of nitrogens with zero attached hydrogens (tertiary/aromatic N) is 2.